The van der Waals surface area contributed by atoms with E-state index in [1.807, 2.05) is 12.1 Å². The monoisotopic (exact) mass is 380 g/mol. The summed E-state index contributed by atoms with van der Waals surface area (Å²) in [7, 11) is 1.56. The summed E-state index contributed by atoms with van der Waals surface area (Å²) in [5.74, 6) is -0.264. The molecule has 1 aromatic carbocycles. The number of aliphatic carboxylic acids is 1. The summed E-state index contributed by atoms with van der Waals surface area (Å²) in [5.41, 5.74) is 8.19. The van der Waals surface area contributed by atoms with Gasteiger partial charge in [-0.15, -0.1) is 5.10 Å². The van der Waals surface area contributed by atoms with Gasteiger partial charge in [-0.05, 0) is 12.1 Å². The van der Waals surface area contributed by atoms with E-state index in [1.165, 1.54) is 4.68 Å². The van der Waals surface area contributed by atoms with Gasteiger partial charge in [0.25, 0.3) is 0 Å². The van der Waals surface area contributed by atoms with Crippen LogP contribution in [0.5, 0.6) is 5.75 Å². The Labute approximate surface area is 158 Å². The van der Waals surface area contributed by atoms with Crippen LogP contribution >= 0.6 is 0 Å². The lowest BCUT2D eigenvalue weighted by molar-refractivity contribution is -0.137. The lowest BCUT2D eigenvalue weighted by Crippen LogP contribution is -2.10. The van der Waals surface area contributed by atoms with Gasteiger partial charge in [-0.2, -0.15) is 5.10 Å². The Morgan fingerprint density at radius 2 is 2.11 bits per heavy atom. The van der Waals surface area contributed by atoms with Gasteiger partial charge in [0.1, 0.15) is 29.2 Å². The van der Waals surface area contributed by atoms with Crippen molar-refractivity contribution >= 4 is 22.8 Å². The number of para-hydroxylation sites is 1. The molecule has 0 radical (unpaired) electrons. The Morgan fingerprint density at radius 1 is 1.25 bits per heavy atom. The van der Waals surface area contributed by atoms with Crippen LogP contribution in [-0.4, -0.2) is 52.9 Å². The third kappa shape index (κ3) is 3.32. The molecular weight excluding hydrogens is 364 g/mol. The quantitative estimate of drug-likeness (QED) is 0.496. The standard InChI is InChI=1S/C17H16N8O3/c1-28-13-4-2-3-11-15(19-17(18)20-16(11)13)12-8-25(23-21-12)7-10-5-6-24(22-10)9-14(26)27/h2-6,8H,7,9H2,1H3,(H,26,27)(H2,18,19,20). The molecule has 28 heavy (non-hydrogen) atoms. The van der Waals surface area contributed by atoms with Crippen molar-refractivity contribution in [3.05, 3.63) is 42.4 Å². The minimum atomic E-state index is -0.957. The first-order valence-corrected chi connectivity index (χ1v) is 8.28. The number of carboxylic acid groups (broad SMARTS) is 1. The molecular formula is C17H16N8O3. The number of anilines is 1. The molecule has 3 aromatic heterocycles. The maximum absolute atomic E-state index is 10.8. The molecule has 3 heterocycles. The summed E-state index contributed by atoms with van der Waals surface area (Å²) in [6, 6.07) is 7.22. The number of hydrogen-bond acceptors (Lipinski definition) is 8. The van der Waals surface area contributed by atoms with E-state index < -0.39 is 5.97 Å². The summed E-state index contributed by atoms with van der Waals surface area (Å²) in [6.45, 7) is 0.137. The highest BCUT2D eigenvalue weighted by Gasteiger charge is 2.15. The summed E-state index contributed by atoms with van der Waals surface area (Å²) in [5, 5.41) is 22.1. The second-order valence-corrected chi connectivity index (χ2v) is 5.99. The molecule has 0 spiro atoms. The van der Waals surface area contributed by atoms with Gasteiger partial charge < -0.3 is 15.6 Å². The average molecular weight is 380 g/mol. The molecule has 0 unspecified atom stereocenters. The molecule has 0 bridgehead atoms. The van der Waals surface area contributed by atoms with E-state index >= 15 is 0 Å². The first-order valence-electron chi connectivity index (χ1n) is 8.28. The van der Waals surface area contributed by atoms with Crippen molar-refractivity contribution in [2.45, 2.75) is 13.1 Å². The van der Waals surface area contributed by atoms with Crippen LogP contribution < -0.4 is 10.5 Å². The number of nitrogens with two attached hydrogens (primary N) is 1. The van der Waals surface area contributed by atoms with E-state index in [9.17, 15) is 4.79 Å². The van der Waals surface area contributed by atoms with Crippen LogP contribution in [0, 0.1) is 0 Å². The Hall–Kier alpha value is -4.02. The average Bonchev–Trinajstić information content (AvgIpc) is 3.30. The van der Waals surface area contributed by atoms with Crippen molar-refractivity contribution in [3.63, 3.8) is 0 Å². The third-order valence-electron chi connectivity index (χ3n) is 4.03. The fraction of sp³-hybridized carbons (Fsp3) is 0.176. The van der Waals surface area contributed by atoms with E-state index in [4.69, 9.17) is 15.6 Å². The lowest BCUT2D eigenvalue weighted by Gasteiger charge is -2.07. The number of rotatable bonds is 6. The van der Waals surface area contributed by atoms with Gasteiger partial charge >= 0.3 is 5.97 Å². The Morgan fingerprint density at radius 3 is 2.89 bits per heavy atom. The van der Waals surface area contributed by atoms with Gasteiger partial charge in [0, 0.05) is 11.6 Å². The summed E-state index contributed by atoms with van der Waals surface area (Å²) in [6.07, 6.45) is 3.32. The van der Waals surface area contributed by atoms with Gasteiger partial charge in [0.2, 0.25) is 5.95 Å². The Balaban J connectivity index is 1.66. The fourth-order valence-electron chi connectivity index (χ4n) is 2.87. The van der Waals surface area contributed by atoms with E-state index in [1.54, 1.807) is 36.3 Å². The minimum absolute atomic E-state index is 0.106. The molecule has 0 aliphatic rings. The predicted octanol–water partition coefficient (Wildman–Crippen LogP) is 0.808. The number of methoxy groups -OCH3 is 1. The zero-order valence-electron chi connectivity index (χ0n) is 14.8. The summed E-state index contributed by atoms with van der Waals surface area (Å²) in [4.78, 5) is 19.3. The van der Waals surface area contributed by atoms with Crippen molar-refractivity contribution in [3.8, 4) is 17.1 Å². The number of aromatic nitrogens is 7. The third-order valence-corrected chi connectivity index (χ3v) is 4.03. The van der Waals surface area contributed by atoms with Gasteiger partial charge in [0.15, 0.2) is 0 Å². The molecule has 0 saturated carbocycles. The molecule has 11 heteroatoms. The first-order chi connectivity index (χ1) is 13.5. The first kappa shape index (κ1) is 17.4. The van der Waals surface area contributed by atoms with Crippen molar-refractivity contribution in [2.24, 2.45) is 0 Å². The molecule has 0 aliphatic carbocycles. The topological polar surface area (TPSA) is 147 Å². The number of ether oxygens (including phenoxy) is 1. The Kier molecular flexibility index (Phi) is 4.32. The minimum Gasteiger partial charge on any atom is -0.494 e. The van der Waals surface area contributed by atoms with Gasteiger partial charge in [-0.1, -0.05) is 17.3 Å². The Bertz CT molecular complexity index is 1170. The lowest BCUT2D eigenvalue weighted by atomic mass is 10.1. The predicted molar refractivity (Wildman–Crippen MR) is 98.5 cm³/mol. The zero-order valence-corrected chi connectivity index (χ0v) is 14.8. The van der Waals surface area contributed by atoms with Crippen molar-refractivity contribution < 1.29 is 14.6 Å². The fourth-order valence-corrected chi connectivity index (χ4v) is 2.87. The molecule has 0 amide bonds. The van der Waals surface area contributed by atoms with E-state index in [0.29, 0.717) is 34.9 Å². The smallest absolute Gasteiger partial charge is 0.325 e. The molecule has 0 saturated heterocycles. The largest absolute Gasteiger partial charge is 0.494 e. The number of carboxylic acids is 1. The van der Waals surface area contributed by atoms with E-state index in [0.717, 1.165) is 5.39 Å². The van der Waals surface area contributed by atoms with Crippen LogP contribution in [0.3, 0.4) is 0 Å². The van der Waals surface area contributed by atoms with Crippen molar-refractivity contribution in [1.82, 2.24) is 34.7 Å². The van der Waals surface area contributed by atoms with Crippen LogP contribution in [0.2, 0.25) is 0 Å². The highest BCUT2D eigenvalue weighted by molar-refractivity contribution is 5.95. The van der Waals surface area contributed by atoms with Crippen LogP contribution in [0.4, 0.5) is 5.95 Å². The van der Waals surface area contributed by atoms with Crippen molar-refractivity contribution in [2.75, 3.05) is 12.8 Å². The van der Waals surface area contributed by atoms with Crippen LogP contribution in [0.15, 0.2) is 36.7 Å². The number of fused-ring (bicyclic) bond motifs is 1. The number of nitrogen functional groups attached to an aromatic ring is 1. The molecule has 0 atom stereocenters. The van der Waals surface area contributed by atoms with Gasteiger partial charge in [-0.3, -0.25) is 9.48 Å². The molecule has 11 nitrogen and oxygen atoms in total. The number of carbonyl (C=O) groups is 1. The maximum Gasteiger partial charge on any atom is 0.325 e. The number of benzene rings is 1. The normalized spacial score (nSPS) is 11.0. The maximum atomic E-state index is 10.8. The van der Waals surface area contributed by atoms with Crippen LogP contribution in [-0.2, 0) is 17.9 Å². The molecule has 4 rings (SSSR count). The summed E-state index contributed by atoms with van der Waals surface area (Å²) >= 11 is 0. The second-order valence-electron chi connectivity index (χ2n) is 5.99. The molecule has 0 fully saturated rings. The highest BCUT2D eigenvalue weighted by atomic mass is 16.5. The molecule has 142 valence electrons. The number of nitrogens with zero attached hydrogens (tertiary/aromatic N) is 7. The zero-order chi connectivity index (χ0) is 19.7. The van der Waals surface area contributed by atoms with E-state index in [-0.39, 0.29) is 12.5 Å². The van der Waals surface area contributed by atoms with Gasteiger partial charge in [-0.25, -0.2) is 14.6 Å². The highest BCUT2D eigenvalue weighted by Crippen LogP contribution is 2.30. The SMILES string of the molecule is COc1cccc2c(-c3cn(Cc4ccn(CC(=O)O)n4)nn3)nc(N)nc12. The van der Waals surface area contributed by atoms with Crippen LogP contribution in [0.1, 0.15) is 5.69 Å². The van der Waals surface area contributed by atoms with Crippen molar-refractivity contribution in [1.29, 1.82) is 0 Å². The molecule has 0 aliphatic heterocycles. The van der Waals surface area contributed by atoms with E-state index in [2.05, 4.69) is 25.4 Å². The molecule has 4 aromatic rings. The summed E-state index contributed by atoms with van der Waals surface area (Å²) < 4.78 is 8.29. The second kappa shape index (κ2) is 6.95. The van der Waals surface area contributed by atoms with Crippen LogP contribution in [0.25, 0.3) is 22.3 Å². The molecule has 3 N–H and O–H groups in total. The van der Waals surface area contributed by atoms with Gasteiger partial charge in [0.05, 0.1) is 25.5 Å². The number of hydrogen-bond donors (Lipinski definition) is 2.